The molecule has 3 aromatic carbocycles. The summed E-state index contributed by atoms with van der Waals surface area (Å²) in [4.78, 5) is 31.2. The number of ether oxygens (including phenoxy) is 1. The van der Waals surface area contributed by atoms with Gasteiger partial charge in [0.2, 0.25) is 5.91 Å². The summed E-state index contributed by atoms with van der Waals surface area (Å²) in [6.45, 7) is 5.80. The number of hydrogen-bond donors (Lipinski definition) is 1. The predicted molar refractivity (Wildman–Crippen MR) is 134 cm³/mol. The van der Waals surface area contributed by atoms with Gasteiger partial charge in [-0.3, -0.25) is 14.2 Å². The van der Waals surface area contributed by atoms with E-state index in [4.69, 9.17) is 9.72 Å². The van der Waals surface area contributed by atoms with Gasteiger partial charge in [0.15, 0.2) is 5.16 Å². The lowest BCUT2D eigenvalue weighted by atomic mass is 10.1. The summed E-state index contributed by atoms with van der Waals surface area (Å²) in [7, 11) is 1.60. The van der Waals surface area contributed by atoms with E-state index < -0.39 is 5.25 Å². The number of amides is 1. The Balaban J connectivity index is 1.72. The fourth-order valence-electron chi connectivity index (χ4n) is 3.51. The Morgan fingerprint density at radius 3 is 2.48 bits per heavy atom. The number of benzene rings is 3. The number of aryl methyl sites for hydroxylation is 1. The van der Waals surface area contributed by atoms with Crippen molar-refractivity contribution in [2.45, 2.75) is 31.2 Å². The van der Waals surface area contributed by atoms with Crippen LogP contribution in [0.5, 0.6) is 5.75 Å². The topological polar surface area (TPSA) is 73.2 Å². The molecular formula is C26H25N3O3S. The average molecular weight is 460 g/mol. The Kier molecular flexibility index (Phi) is 6.51. The van der Waals surface area contributed by atoms with Crippen molar-refractivity contribution in [2.24, 2.45) is 0 Å². The molecule has 1 atom stereocenters. The van der Waals surface area contributed by atoms with Gasteiger partial charge in [-0.15, -0.1) is 0 Å². The van der Waals surface area contributed by atoms with Gasteiger partial charge in [-0.2, -0.15) is 0 Å². The van der Waals surface area contributed by atoms with E-state index in [9.17, 15) is 9.59 Å². The maximum absolute atomic E-state index is 13.5. The first-order valence-electron chi connectivity index (χ1n) is 10.6. The lowest BCUT2D eigenvalue weighted by Gasteiger charge is -2.18. The van der Waals surface area contributed by atoms with Gasteiger partial charge in [-0.05, 0) is 74.4 Å². The third-order valence-corrected chi connectivity index (χ3v) is 6.62. The smallest absolute Gasteiger partial charge is 0.266 e. The molecule has 1 heterocycles. The van der Waals surface area contributed by atoms with Crippen LogP contribution in [0.3, 0.4) is 0 Å². The quantitative estimate of drug-likeness (QED) is 0.320. The Labute approximate surface area is 196 Å². The monoisotopic (exact) mass is 459 g/mol. The van der Waals surface area contributed by atoms with Crippen LogP contribution in [0.25, 0.3) is 16.6 Å². The first kappa shape index (κ1) is 22.6. The summed E-state index contributed by atoms with van der Waals surface area (Å²) in [6, 6.07) is 20.3. The number of nitrogens with zero attached hydrogens (tertiary/aromatic N) is 2. The molecule has 1 N–H and O–H groups in total. The van der Waals surface area contributed by atoms with Gasteiger partial charge in [0.05, 0.1) is 29.0 Å². The van der Waals surface area contributed by atoms with Crippen molar-refractivity contribution >= 4 is 34.3 Å². The molecule has 0 aliphatic carbocycles. The molecule has 0 bridgehead atoms. The molecule has 1 amide bonds. The fraction of sp³-hybridized carbons (Fsp3) is 0.192. The molecule has 1 aromatic heterocycles. The van der Waals surface area contributed by atoms with Crippen LogP contribution < -0.4 is 15.6 Å². The number of carbonyl (C=O) groups is 1. The minimum Gasteiger partial charge on any atom is -0.497 e. The van der Waals surface area contributed by atoms with Gasteiger partial charge in [-0.25, -0.2) is 4.98 Å². The van der Waals surface area contributed by atoms with Crippen LogP contribution in [-0.4, -0.2) is 27.8 Å². The molecule has 7 heteroatoms. The number of hydrogen-bond acceptors (Lipinski definition) is 5. The Bertz CT molecular complexity index is 1380. The zero-order valence-electron chi connectivity index (χ0n) is 19.0. The summed E-state index contributed by atoms with van der Waals surface area (Å²) < 4.78 is 6.78. The van der Waals surface area contributed by atoms with Gasteiger partial charge in [0, 0.05) is 5.69 Å². The van der Waals surface area contributed by atoms with Gasteiger partial charge < -0.3 is 10.1 Å². The number of nitrogens with one attached hydrogen (secondary N) is 1. The zero-order chi connectivity index (χ0) is 23.5. The fourth-order valence-corrected chi connectivity index (χ4v) is 4.43. The highest BCUT2D eigenvalue weighted by molar-refractivity contribution is 8.00. The van der Waals surface area contributed by atoms with Gasteiger partial charge >= 0.3 is 0 Å². The van der Waals surface area contributed by atoms with E-state index in [1.165, 1.54) is 11.8 Å². The minimum absolute atomic E-state index is 0.153. The molecule has 6 nitrogen and oxygen atoms in total. The molecule has 168 valence electrons. The van der Waals surface area contributed by atoms with E-state index in [1.54, 1.807) is 48.9 Å². The number of thioether (sulfide) groups is 1. The molecule has 4 aromatic rings. The molecule has 4 rings (SSSR count). The van der Waals surface area contributed by atoms with Crippen LogP contribution in [0, 0.1) is 13.8 Å². The van der Waals surface area contributed by atoms with Crippen molar-refractivity contribution < 1.29 is 9.53 Å². The lowest BCUT2D eigenvalue weighted by Crippen LogP contribution is -2.26. The predicted octanol–water partition coefficient (Wildman–Crippen LogP) is 5.13. The van der Waals surface area contributed by atoms with Crippen molar-refractivity contribution in [3.05, 3.63) is 88.2 Å². The minimum atomic E-state index is -0.489. The maximum atomic E-state index is 13.5. The van der Waals surface area contributed by atoms with Crippen molar-refractivity contribution in [1.82, 2.24) is 9.55 Å². The Hall–Kier alpha value is -3.58. The lowest BCUT2D eigenvalue weighted by molar-refractivity contribution is -0.115. The second kappa shape index (κ2) is 9.50. The third kappa shape index (κ3) is 4.64. The second-order valence-electron chi connectivity index (χ2n) is 7.75. The molecule has 0 aliphatic heterocycles. The summed E-state index contributed by atoms with van der Waals surface area (Å²) >= 11 is 1.26. The molecule has 1 unspecified atom stereocenters. The molecule has 0 fully saturated rings. The van der Waals surface area contributed by atoms with Crippen molar-refractivity contribution in [2.75, 3.05) is 12.4 Å². The number of methoxy groups -OCH3 is 1. The second-order valence-corrected chi connectivity index (χ2v) is 9.06. The normalized spacial score (nSPS) is 11.9. The first-order chi connectivity index (χ1) is 15.9. The van der Waals surface area contributed by atoms with E-state index >= 15 is 0 Å². The van der Waals surface area contributed by atoms with Crippen molar-refractivity contribution in [3.8, 4) is 11.4 Å². The van der Waals surface area contributed by atoms with Crippen LogP contribution in [-0.2, 0) is 4.79 Å². The standard InChI is InChI=1S/C26H25N3O3S/c1-16-8-7-11-23(17(16)2)29-25(31)21-9-5-6-10-22(21)28-26(29)33-18(3)24(30)27-19-12-14-20(32-4)15-13-19/h5-15,18H,1-4H3,(H,27,30). The molecule has 0 saturated heterocycles. The van der Waals surface area contributed by atoms with Gasteiger partial charge in [0.1, 0.15) is 5.75 Å². The number of anilines is 1. The molecule has 33 heavy (non-hydrogen) atoms. The number of carbonyl (C=O) groups excluding carboxylic acids is 1. The summed E-state index contributed by atoms with van der Waals surface area (Å²) in [5, 5.41) is 3.44. The largest absolute Gasteiger partial charge is 0.497 e. The summed E-state index contributed by atoms with van der Waals surface area (Å²) in [5.41, 5.74) is 3.96. The highest BCUT2D eigenvalue weighted by Gasteiger charge is 2.21. The first-order valence-corrected chi connectivity index (χ1v) is 11.5. The van der Waals surface area contributed by atoms with E-state index in [2.05, 4.69) is 5.32 Å². The van der Waals surface area contributed by atoms with Crippen LogP contribution in [0.15, 0.2) is 76.7 Å². The van der Waals surface area contributed by atoms with E-state index in [0.29, 0.717) is 27.5 Å². The van der Waals surface area contributed by atoms with Gasteiger partial charge in [-0.1, -0.05) is 36.0 Å². The van der Waals surface area contributed by atoms with Crippen LogP contribution in [0.2, 0.25) is 0 Å². The number of fused-ring (bicyclic) bond motifs is 1. The van der Waals surface area contributed by atoms with Crippen LogP contribution in [0.4, 0.5) is 5.69 Å². The molecule has 0 radical (unpaired) electrons. The Morgan fingerprint density at radius 1 is 1.03 bits per heavy atom. The van der Waals surface area contributed by atoms with Gasteiger partial charge in [0.25, 0.3) is 5.56 Å². The maximum Gasteiger partial charge on any atom is 0.266 e. The average Bonchev–Trinajstić information content (AvgIpc) is 2.82. The van der Waals surface area contributed by atoms with E-state index in [1.807, 2.05) is 50.2 Å². The molecule has 0 saturated carbocycles. The van der Waals surface area contributed by atoms with E-state index in [0.717, 1.165) is 16.8 Å². The molecule has 0 aliphatic rings. The molecular weight excluding hydrogens is 434 g/mol. The highest BCUT2D eigenvalue weighted by atomic mass is 32.2. The molecule has 0 spiro atoms. The van der Waals surface area contributed by atoms with Crippen molar-refractivity contribution in [3.63, 3.8) is 0 Å². The highest BCUT2D eigenvalue weighted by Crippen LogP contribution is 2.28. The number of rotatable bonds is 6. The van der Waals surface area contributed by atoms with Crippen LogP contribution >= 0.6 is 11.8 Å². The number of aromatic nitrogens is 2. The third-order valence-electron chi connectivity index (χ3n) is 5.57. The zero-order valence-corrected chi connectivity index (χ0v) is 19.8. The summed E-state index contributed by atoms with van der Waals surface area (Å²) in [6.07, 6.45) is 0. The Morgan fingerprint density at radius 2 is 1.76 bits per heavy atom. The SMILES string of the molecule is COc1ccc(NC(=O)C(C)Sc2nc3ccccc3c(=O)n2-c2cccc(C)c2C)cc1. The van der Waals surface area contributed by atoms with E-state index in [-0.39, 0.29) is 11.5 Å². The summed E-state index contributed by atoms with van der Waals surface area (Å²) in [5.74, 6) is 0.536. The number of para-hydroxylation sites is 1. The van der Waals surface area contributed by atoms with Crippen molar-refractivity contribution in [1.29, 1.82) is 0 Å². The van der Waals surface area contributed by atoms with Crippen LogP contribution in [0.1, 0.15) is 18.1 Å².